The van der Waals surface area contributed by atoms with E-state index in [2.05, 4.69) is 0 Å². The largest absolute Gasteiger partial charge is 0.431 e. The Hall–Kier alpha value is -2.48. The summed E-state index contributed by atoms with van der Waals surface area (Å²) in [6.07, 6.45) is -3.50. The second kappa shape index (κ2) is 7.89. The molecular formula is C22H25ClF3N3O2. The summed E-state index contributed by atoms with van der Waals surface area (Å²) in [5.74, 6) is -1.19. The van der Waals surface area contributed by atoms with Gasteiger partial charge in [0.15, 0.2) is 0 Å². The highest BCUT2D eigenvalue weighted by Gasteiger charge is 2.45. The van der Waals surface area contributed by atoms with Crippen LogP contribution in [0.1, 0.15) is 54.5 Å². The fourth-order valence-corrected chi connectivity index (χ4v) is 3.99. The Labute approximate surface area is 184 Å². The van der Waals surface area contributed by atoms with Gasteiger partial charge >= 0.3 is 6.18 Å². The van der Waals surface area contributed by atoms with Gasteiger partial charge in [0, 0.05) is 30.2 Å². The molecule has 1 saturated carbocycles. The molecule has 0 atom stereocenters. The van der Waals surface area contributed by atoms with E-state index in [1.165, 1.54) is 18.9 Å². The second-order valence-electron chi connectivity index (χ2n) is 8.71. The van der Waals surface area contributed by atoms with Crippen molar-refractivity contribution in [2.24, 2.45) is 11.1 Å². The molecule has 0 spiro atoms. The monoisotopic (exact) mass is 455 g/mol. The minimum absolute atomic E-state index is 0.00682. The molecule has 0 unspecified atom stereocenters. The number of hydrogen-bond donors (Lipinski definition) is 1. The number of halogens is 4. The van der Waals surface area contributed by atoms with E-state index in [0.717, 1.165) is 4.57 Å². The van der Waals surface area contributed by atoms with Gasteiger partial charge in [-0.15, -0.1) is 0 Å². The van der Waals surface area contributed by atoms with Gasteiger partial charge in [0.2, 0.25) is 5.91 Å². The molecule has 0 bridgehead atoms. The lowest BCUT2D eigenvalue weighted by atomic mass is 9.92. The lowest BCUT2D eigenvalue weighted by molar-refractivity contribution is -0.144. The van der Waals surface area contributed by atoms with Gasteiger partial charge in [-0.25, -0.2) is 0 Å². The first-order valence-electron chi connectivity index (χ1n) is 9.89. The molecule has 1 aromatic carbocycles. The van der Waals surface area contributed by atoms with E-state index in [1.54, 1.807) is 38.1 Å². The number of hydrogen-bond acceptors (Lipinski definition) is 2. The maximum Gasteiger partial charge on any atom is 0.431 e. The molecule has 9 heteroatoms. The highest BCUT2D eigenvalue weighted by Crippen LogP contribution is 2.48. The Bertz CT molecular complexity index is 1020. The van der Waals surface area contributed by atoms with Gasteiger partial charge in [0.1, 0.15) is 11.4 Å². The number of alkyl halides is 3. The smallest absolute Gasteiger partial charge is 0.369 e. The van der Waals surface area contributed by atoms with E-state index < -0.39 is 35.1 Å². The van der Waals surface area contributed by atoms with Gasteiger partial charge in [-0.1, -0.05) is 23.7 Å². The topological polar surface area (TPSA) is 68.3 Å². The average Bonchev–Trinajstić information content (AvgIpc) is 3.43. The maximum atomic E-state index is 14.1. The predicted molar refractivity (Wildman–Crippen MR) is 113 cm³/mol. The molecule has 0 radical (unpaired) electrons. The van der Waals surface area contributed by atoms with Crippen LogP contribution in [0.5, 0.6) is 0 Å². The standard InChI is InChI=1S/C22H25ClF3N3O2/c1-12-16(13-5-7-14(23)8-6-13)17(19(30)28(4)11-21(2,3)20(27)31)29(15-9-10-15)18(12)22(24,25)26/h5-8,15H,9-11H2,1-4H3,(H2,27,31). The van der Waals surface area contributed by atoms with E-state index in [4.69, 9.17) is 17.3 Å². The van der Waals surface area contributed by atoms with Crippen LogP contribution in [0.4, 0.5) is 13.2 Å². The van der Waals surface area contributed by atoms with Gasteiger partial charge in [-0.05, 0) is 56.9 Å². The molecule has 2 amide bonds. The summed E-state index contributed by atoms with van der Waals surface area (Å²) < 4.78 is 43.4. The number of carbonyl (C=O) groups is 2. The molecule has 2 N–H and O–H groups in total. The molecule has 31 heavy (non-hydrogen) atoms. The fourth-order valence-electron chi connectivity index (χ4n) is 3.86. The highest BCUT2D eigenvalue weighted by atomic mass is 35.5. The van der Waals surface area contributed by atoms with Crippen molar-refractivity contribution in [2.75, 3.05) is 13.6 Å². The van der Waals surface area contributed by atoms with Gasteiger partial charge in [-0.3, -0.25) is 9.59 Å². The molecule has 1 aliphatic carbocycles. The molecule has 0 saturated heterocycles. The summed E-state index contributed by atoms with van der Waals surface area (Å²) in [5, 5.41) is 0.437. The van der Waals surface area contributed by atoms with Crippen molar-refractivity contribution in [2.45, 2.75) is 45.8 Å². The maximum absolute atomic E-state index is 14.1. The van der Waals surface area contributed by atoms with E-state index in [9.17, 15) is 22.8 Å². The third kappa shape index (κ3) is 4.44. The van der Waals surface area contributed by atoms with Crippen molar-refractivity contribution < 1.29 is 22.8 Å². The molecule has 2 aromatic rings. The van der Waals surface area contributed by atoms with Crippen molar-refractivity contribution in [3.05, 3.63) is 46.2 Å². The van der Waals surface area contributed by atoms with Gasteiger partial charge in [0.25, 0.3) is 5.91 Å². The minimum atomic E-state index is -4.63. The van der Waals surface area contributed by atoms with Crippen LogP contribution in [0.25, 0.3) is 11.1 Å². The third-order valence-corrected chi connectivity index (χ3v) is 5.86. The first-order valence-corrected chi connectivity index (χ1v) is 10.3. The van der Waals surface area contributed by atoms with Crippen LogP contribution in [-0.2, 0) is 11.0 Å². The van der Waals surface area contributed by atoms with Gasteiger partial charge in [0.05, 0.1) is 5.41 Å². The third-order valence-electron chi connectivity index (χ3n) is 5.61. The van der Waals surface area contributed by atoms with Crippen LogP contribution < -0.4 is 5.73 Å². The molecular weight excluding hydrogens is 431 g/mol. The first-order chi connectivity index (χ1) is 14.3. The number of primary amides is 1. The minimum Gasteiger partial charge on any atom is -0.369 e. The fraction of sp³-hybridized carbons (Fsp3) is 0.455. The second-order valence-corrected chi connectivity index (χ2v) is 9.15. The Kier molecular flexibility index (Phi) is 5.90. The highest BCUT2D eigenvalue weighted by molar-refractivity contribution is 6.30. The van der Waals surface area contributed by atoms with Crippen LogP contribution in [0.2, 0.25) is 5.02 Å². The molecule has 0 aliphatic heterocycles. The summed E-state index contributed by atoms with van der Waals surface area (Å²) in [7, 11) is 1.46. The van der Waals surface area contributed by atoms with Crippen molar-refractivity contribution in [1.82, 2.24) is 9.47 Å². The molecule has 1 aliphatic rings. The van der Waals surface area contributed by atoms with Crippen molar-refractivity contribution in [3.63, 3.8) is 0 Å². The van der Waals surface area contributed by atoms with Crippen LogP contribution >= 0.6 is 11.6 Å². The SMILES string of the molecule is Cc1c(-c2ccc(Cl)cc2)c(C(=O)N(C)CC(C)(C)C(N)=O)n(C2CC2)c1C(F)(F)F. The zero-order chi connectivity index (χ0) is 23.3. The van der Waals surface area contributed by atoms with Crippen LogP contribution in [0.3, 0.4) is 0 Å². The summed E-state index contributed by atoms with van der Waals surface area (Å²) in [4.78, 5) is 26.5. The molecule has 1 aromatic heterocycles. The lowest BCUT2D eigenvalue weighted by Crippen LogP contribution is -2.43. The Morgan fingerprint density at radius 2 is 1.74 bits per heavy atom. The number of aromatic nitrogens is 1. The predicted octanol–water partition coefficient (Wildman–Crippen LogP) is 5.05. The molecule has 1 heterocycles. The molecule has 5 nitrogen and oxygen atoms in total. The van der Waals surface area contributed by atoms with Crippen molar-refractivity contribution in [1.29, 1.82) is 0 Å². The molecule has 3 rings (SSSR count). The summed E-state index contributed by atoms with van der Waals surface area (Å²) >= 11 is 5.96. The van der Waals surface area contributed by atoms with Crippen molar-refractivity contribution in [3.8, 4) is 11.1 Å². The van der Waals surface area contributed by atoms with Crippen LogP contribution in [0, 0.1) is 12.3 Å². The summed E-state index contributed by atoms with van der Waals surface area (Å²) in [6.45, 7) is 4.53. The Balaban J connectivity index is 2.23. The number of benzene rings is 1. The number of nitrogens with zero attached hydrogens (tertiary/aromatic N) is 2. The van der Waals surface area contributed by atoms with Gasteiger partial charge < -0.3 is 15.2 Å². The number of carbonyl (C=O) groups excluding carboxylic acids is 2. The van der Waals surface area contributed by atoms with E-state index >= 15 is 0 Å². The van der Waals surface area contributed by atoms with Crippen molar-refractivity contribution >= 4 is 23.4 Å². The number of rotatable bonds is 6. The summed E-state index contributed by atoms with van der Waals surface area (Å²) in [6, 6.07) is 5.96. The number of nitrogens with two attached hydrogens (primary N) is 1. The average molecular weight is 456 g/mol. The van der Waals surface area contributed by atoms with Crippen LogP contribution in [0.15, 0.2) is 24.3 Å². The lowest BCUT2D eigenvalue weighted by Gasteiger charge is -2.28. The van der Waals surface area contributed by atoms with E-state index in [0.29, 0.717) is 23.4 Å². The normalized spacial score (nSPS) is 14.6. The van der Waals surface area contributed by atoms with Gasteiger partial charge in [-0.2, -0.15) is 13.2 Å². The van der Waals surface area contributed by atoms with Crippen LogP contribution in [-0.4, -0.2) is 34.9 Å². The molecule has 168 valence electrons. The quantitative estimate of drug-likeness (QED) is 0.662. The Morgan fingerprint density at radius 1 is 1.19 bits per heavy atom. The van der Waals surface area contributed by atoms with E-state index in [1.807, 2.05) is 0 Å². The van der Waals surface area contributed by atoms with E-state index in [-0.39, 0.29) is 23.4 Å². The first kappa shape index (κ1) is 23.2. The Morgan fingerprint density at radius 3 is 2.19 bits per heavy atom. The zero-order valence-electron chi connectivity index (χ0n) is 17.8. The zero-order valence-corrected chi connectivity index (χ0v) is 18.6. The summed E-state index contributed by atoms with van der Waals surface area (Å²) in [5.41, 5.74) is 4.23. The number of amides is 2. The molecule has 1 fully saturated rings.